The van der Waals surface area contributed by atoms with Crippen LogP contribution in [0, 0.1) is 41.5 Å². The lowest BCUT2D eigenvalue weighted by molar-refractivity contribution is 0.590. The number of anilines is 3. The second kappa shape index (κ2) is 11.8. The van der Waals surface area contributed by atoms with Crippen LogP contribution < -0.4 is 37.7 Å². The summed E-state index contributed by atoms with van der Waals surface area (Å²) in [6.45, 7) is 35.3. The molecule has 0 fully saturated rings. The van der Waals surface area contributed by atoms with Gasteiger partial charge < -0.3 is 4.90 Å². The summed E-state index contributed by atoms with van der Waals surface area (Å²) in [6.07, 6.45) is 0. The molecule has 1 nitrogen and oxygen atoms in total. The Kier molecular flexibility index (Phi) is 8.18. The molecule has 0 atom stereocenters. The Balaban J connectivity index is 1.69. The van der Waals surface area contributed by atoms with Crippen molar-refractivity contribution in [3.8, 4) is 0 Å². The van der Waals surface area contributed by atoms with Gasteiger partial charge in [-0.1, -0.05) is 167 Å². The van der Waals surface area contributed by atoms with E-state index in [2.05, 4.69) is 182 Å². The minimum atomic E-state index is -0.0265. The number of hydrogen-bond donors (Lipinski definition) is 0. The molecule has 5 aromatic carbocycles. The van der Waals surface area contributed by atoms with E-state index in [9.17, 15) is 0 Å². The van der Waals surface area contributed by atoms with Crippen LogP contribution in [0.5, 0.6) is 0 Å². The molecule has 2 aliphatic heterocycles. The fraction of sp³-hybridized carbons (Fsp3) is 0.375. The van der Waals surface area contributed by atoms with E-state index in [1.54, 1.807) is 0 Å². The van der Waals surface area contributed by atoms with Crippen molar-refractivity contribution < 1.29 is 0 Å². The predicted molar refractivity (Wildman–Crippen MR) is 228 cm³/mol. The Morgan fingerprint density at radius 2 is 0.706 bits per heavy atom. The van der Waals surface area contributed by atoms with Crippen LogP contribution in [0.1, 0.15) is 112 Å². The van der Waals surface area contributed by atoms with E-state index in [0.29, 0.717) is 0 Å². The lowest BCUT2D eigenvalue weighted by atomic mass is 9.29. The number of hydrogen-bond acceptors (Lipinski definition) is 1. The first-order valence-corrected chi connectivity index (χ1v) is 19.1. The highest BCUT2D eigenvalue weighted by molar-refractivity contribution is 7.02. The molecule has 5 aromatic rings. The van der Waals surface area contributed by atoms with Crippen molar-refractivity contribution in [2.24, 2.45) is 0 Å². The zero-order chi connectivity index (χ0) is 37.1. The highest BCUT2D eigenvalue weighted by atomic mass is 15.2. The van der Waals surface area contributed by atoms with E-state index >= 15 is 0 Å². The summed E-state index contributed by atoms with van der Waals surface area (Å²) in [5.41, 5.74) is 25.0. The maximum atomic E-state index is 2.66. The molecule has 7 rings (SSSR count). The number of aryl methyl sites for hydroxylation is 6. The summed E-state index contributed by atoms with van der Waals surface area (Å²) < 4.78 is 0. The molecule has 0 aromatic heterocycles. The molecule has 0 amide bonds. The fourth-order valence-corrected chi connectivity index (χ4v) is 9.34. The summed E-state index contributed by atoms with van der Waals surface area (Å²) in [5, 5.41) is 0. The van der Waals surface area contributed by atoms with Crippen molar-refractivity contribution in [1.82, 2.24) is 0 Å². The molecule has 0 N–H and O–H groups in total. The maximum Gasteiger partial charge on any atom is 0.247 e. The molecule has 0 radical (unpaired) electrons. The van der Waals surface area contributed by atoms with Gasteiger partial charge in [0.2, 0.25) is 13.4 Å². The molecule has 260 valence electrons. The molecule has 51 heavy (non-hydrogen) atoms. The third kappa shape index (κ3) is 5.80. The summed E-state index contributed by atoms with van der Waals surface area (Å²) in [6, 6.07) is 29.5. The van der Waals surface area contributed by atoms with Crippen LogP contribution in [-0.4, -0.2) is 13.4 Å². The quantitative estimate of drug-likeness (QED) is 0.167. The van der Waals surface area contributed by atoms with E-state index in [1.807, 2.05) is 0 Å². The van der Waals surface area contributed by atoms with Gasteiger partial charge in [0.1, 0.15) is 0 Å². The van der Waals surface area contributed by atoms with Crippen molar-refractivity contribution in [3.05, 3.63) is 123 Å². The average molecular weight is 670 g/mol. The molecule has 0 spiro atoms. The van der Waals surface area contributed by atoms with Crippen LogP contribution in [0.15, 0.2) is 72.8 Å². The van der Waals surface area contributed by atoms with Crippen molar-refractivity contribution in [2.75, 3.05) is 4.90 Å². The van der Waals surface area contributed by atoms with Gasteiger partial charge in [-0.3, -0.25) is 0 Å². The molecular formula is C48H57B2N. The first-order chi connectivity index (χ1) is 23.7. The van der Waals surface area contributed by atoms with E-state index in [-0.39, 0.29) is 29.7 Å². The minimum absolute atomic E-state index is 0.0265. The lowest BCUT2D eigenvalue weighted by Crippen LogP contribution is -2.66. The van der Waals surface area contributed by atoms with Gasteiger partial charge in [-0.2, -0.15) is 0 Å². The largest absolute Gasteiger partial charge is 0.313 e. The van der Waals surface area contributed by atoms with Crippen molar-refractivity contribution >= 4 is 63.3 Å². The number of fused-ring (bicyclic) bond motifs is 4. The monoisotopic (exact) mass is 669 g/mol. The number of benzene rings is 5. The topological polar surface area (TPSA) is 3.24 Å². The minimum Gasteiger partial charge on any atom is -0.313 e. The normalized spacial score (nSPS) is 14.1. The van der Waals surface area contributed by atoms with Gasteiger partial charge in [0, 0.05) is 17.1 Å². The maximum absolute atomic E-state index is 2.66. The first kappa shape index (κ1) is 35.4. The van der Waals surface area contributed by atoms with Crippen LogP contribution in [0.4, 0.5) is 17.1 Å². The highest BCUT2D eigenvalue weighted by Crippen LogP contribution is 2.41. The van der Waals surface area contributed by atoms with Crippen molar-refractivity contribution in [3.63, 3.8) is 0 Å². The Labute approximate surface area is 310 Å². The molecule has 0 saturated carbocycles. The van der Waals surface area contributed by atoms with Crippen LogP contribution in [-0.2, 0) is 16.2 Å². The Hall–Kier alpha value is -3.97. The third-order valence-electron chi connectivity index (χ3n) is 11.8. The molecule has 0 saturated heterocycles. The molecule has 2 heterocycles. The second-order valence-electron chi connectivity index (χ2n) is 19.1. The first-order valence-electron chi connectivity index (χ1n) is 19.1. The summed E-state index contributed by atoms with van der Waals surface area (Å²) in [4.78, 5) is 2.66. The molecule has 0 unspecified atom stereocenters. The van der Waals surface area contributed by atoms with Gasteiger partial charge in [0.05, 0.1) is 0 Å². The number of rotatable bonds is 2. The van der Waals surface area contributed by atoms with E-state index < -0.39 is 0 Å². The van der Waals surface area contributed by atoms with Crippen molar-refractivity contribution in [2.45, 2.75) is 120 Å². The highest BCUT2D eigenvalue weighted by Gasteiger charge is 2.46. The van der Waals surface area contributed by atoms with Gasteiger partial charge in [0.15, 0.2) is 0 Å². The molecule has 0 aliphatic carbocycles. The summed E-state index contributed by atoms with van der Waals surface area (Å²) in [5.74, 6) is 0. The molecular weight excluding hydrogens is 612 g/mol. The predicted octanol–water partition coefficient (Wildman–Crippen LogP) is 8.56. The molecule has 3 heteroatoms. The third-order valence-corrected chi connectivity index (χ3v) is 11.8. The Morgan fingerprint density at radius 3 is 1.02 bits per heavy atom. The van der Waals surface area contributed by atoms with E-state index in [0.717, 1.165) is 0 Å². The van der Waals surface area contributed by atoms with Gasteiger partial charge in [-0.15, -0.1) is 0 Å². The fourth-order valence-electron chi connectivity index (χ4n) is 9.34. The average Bonchev–Trinajstić information content (AvgIpc) is 3.00. The van der Waals surface area contributed by atoms with Crippen LogP contribution in [0.2, 0.25) is 0 Å². The molecule has 0 bridgehead atoms. The Morgan fingerprint density at radius 1 is 0.392 bits per heavy atom. The van der Waals surface area contributed by atoms with Crippen LogP contribution in [0.3, 0.4) is 0 Å². The second-order valence-corrected chi connectivity index (χ2v) is 19.1. The smallest absolute Gasteiger partial charge is 0.247 e. The van der Waals surface area contributed by atoms with Gasteiger partial charge in [-0.25, -0.2) is 0 Å². The van der Waals surface area contributed by atoms with E-state index in [1.165, 1.54) is 99.9 Å². The Bertz CT molecular complexity index is 2040. The lowest BCUT2D eigenvalue weighted by Gasteiger charge is -2.46. The van der Waals surface area contributed by atoms with E-state index in [4.69, 9.17) is 0 Å². The summed E-state index contributed by atoms with van der Waals surface area (Å²) >= 11 is 0. The van der Waals surface area contributed by atoms with Crippen molar-refractivity contribution in [1.29, 1.82) is 0 Å². The zero-order valence-corrected chi connectivity index (χ0v) is 34.0. The van der Waals surface area contributed by atoms with Gasteiger partial charge in [-0.05, 0) is 108 Å². The SMILES string of the molecule is Cc1cc(C)c(B2c3cc(C(C)(C)C)ccc3N3c4ccc(C(C)(C)C)cc4B(c4c(C)cc(C)cc4C)c4cc(C(C)(C)C)cc2c43)c(C)c1. The standard InChI is InChI=1S/C48H57B2N/c1-28-20-30(3)43(31(4)21-28)49-37-24-34(46(7,8)9)16-18-41(37)51-42-19-17-35(47(10,11)12)25-38(42)50(44-32(5)22-29(2)23-33(44)6)40-27-36(48(13,14)15)26-39(49)45(40)51/h16-27H,1-15H3. The summed E-state index contributed by atoms with van der Waals surface area (Å²) in [7, 11) is 0. The molecule has 2 aliphatic rings. The van der Waals surface area contributed by atoms with Crippen LogP contribution in [0.25, 0.3) is 0 Å². The van der Waals surface area contributed by atoms with Gasteiger partial charge in [0.25, 0.3) is 0 Å². The zero-order valence-electron chi connectivity index (χ0n) is 34.0. The van der Waals surface area contributed by atoms with Crippen LogP contribution >= 0.6 is 0 Å². The number of nitrogens with zero attached hydrogens (tertiary/aromatic N) is 1. The van der Waals surface area contributed by atoms with Gasteiger partial charge >= 0.3 is 0 Å².